The van der Waals surface area contributed by atoms with Crippen molar-refractivity contribution in [3.8, 4) is 0 Å². The fourth-order valence-electron chi connectivity index (χ4n) is 2.20. The van der Waals surface area contributed by atoms with Gasteiger partial charge in [-0.2, -0.15) is 0 Å². The molecule has 0 aromatic heterocycles. The molecule has 2 bridgehead atoms. The maximum Gasteiger partial charge on any atom is 0.146 e. The minimum absolute atomic E-state index is 0.138. The lowest BCUT2D eigenvalue weighted by atomic mass is 9.86. The molecule has 2 N–H and O–H groups in total. The molecule has 0 amide bonds. The van der Waals surface area contributed by atoms with Gasteiger partial charge in [0.15, 0.2) is 0 Å². The first-order valence-electron chi connectivity index (χ1n) is 4.16. The topological polar surface area (TPSA) is 58.9 Å². The van der Waals surface area contributed by atoms with Crippen molar-refractivity contribution in [2.24, 2.45) is 0 Å². The summed E-state index contributed by atoms with van der Waals surface area (Å²) in [5.74, 6) is 0. The van der Waals surface area contributed by atoms with Crippen molar-refractivity contribution in [3.63, 3.8) is 0 Å². The van der Waals surface area contributed by atoms with E-state index in [1.165, 1.54) is 0 Å². The lowest BCUT2D eigenvalue weighted by Gasteiger charge is -2.31. The van der Waals surface area contributed by atoms with Gasteiger partial charge in [0.2, 0.25) is 0 Å². The number of hydrogen-bond donors (Lipinski definition) is 2. The van der Waals surface area contributed by atoms with Gasteiger partial charge in [-0.1, -0.05) is 0 Å². The maximum absolute atomic E-state index is 10.0. The fourth-order valence-corrected chi connectivity index (χ4v) is 2.20. The summed E-state index contributed by atoms with van der Waals surface area (Å²) in [6.45, 7) is 3.59. The largest absolute Gasteiger partial charge is 0.393 e. The van der Waals surface area contributed by atoms with Crippen LogP contribution in [-0.4, -0.2) is 46.8 Å². The zero-order chi connectivity index (χ0) is 8.98. The highest BCUT2D eigenvalue weighted by molar-refractivity contribution is 5.15. The van der Waals surface area contributed by atoms with Gasteiger partial charge in [0.05, 0.1) is 19.3 Å². The van der Waals surface area contributed by atoms with E-state index in [0.29, 0.717) is 0 Å². The standard InChI is InChI=1S/C8H14O4/c1-5-6-7(2,10)8(3-9,12-5)4-11-6/h5-6,9-10H,3-4H2,1-2H3/t5-,6+,7+,8+/m0/s1. The number of fused-ring (bicyclic) bond motifs is 2. The van der Waals surface area contributed by atoms with Crippen molar-refractivity contribution >= 4 is 0 Å². The summed E-state index contributed by atoms with van der Waals surface area (Å²) in [5.41, 5.74) is -1.95. The summed E-state index contributed by atoms with van der Waals surface area (Å²) < 4.78 is 10.8. The Morgan fingerprint density at radius 2 is 2.25 bits per heavy atom. The van der Waals surface area contributed by atoms with Crippen molar-refractivity contribution in [2.75, 3.05) is 13.2 Å². The molecule has 4 atom stereocenters. The van der Waals surface area contributed by atoms with Crippen LogP contribution in [-0.2, 0) is 9.47 Å². The van der Waals surface area contributed by atoms with Gasteiger partial charge < -0.3 is 19.7 Å². The van der Waals surface area contributed by atoms with Crippen LogP contribution in [0.25, 0.3) is 0 Å². The van der Waals surface area contributed by atoms with Gasteiger partial charge >= 0.3 is 0 Å². The molecular formula is C8H14O4. The Kier molecular flexibility index (Phi) is 1.55. The summed E-state index contributed by atoms with van der Waals surface area (Å²) in [6.07, 6.45) is -0.439. The normalized spacial score (nSPS) is 58.0. The molecule has 0 spiro atoms. The quantitative estimate of drug-likeness (QED) is 0.551. The Morgan fingerprint density at radius 1 is 1.58 bits per heavy atom. The summed E-state index contributed by atoms with van der Waals surface area (Å²) in [6, 6.07) is 0. The van der Waals surface area contributed by atoms with Crippen LogP contribution in [0.3, 0.4) is 0 Å². The monoisotopic (exact) mass is 174 g/mol. The average Bonchev–Trinajstić information content (AvgIpc) is 2.35. The smallest absolute Gasteiger partial charge is 0.146 e. The molecule has 0 unspecified atom stereocenters. The van der Waals surface area contributed by atoms with Crippen LogP contribution >= 0.6 is 0 Å². The van der Waals surface area contributed by atoms with Gasteiger partial charge in [-0.05, 0) is 13.8 Å². The zero-order valence-electron chi connectivity index (χ0n) is 7.28. The minimum Gasteiger partial charge on any atom is -0.393 e. The predicted molar refractivity (Wildman–Crippen MR) is 40.7 cm³/mol. The van der Waals surface area contributed by atoms with Gasteiger partial charge in [-0.25, -0.2) is 0 Å². The number of rotatable bonds is 1. The Balaban J connectivity index is 2.36. The number of aliphatic hydroxyl groups is 2. The summed E-state index contributed by atoms with van der Waals surface area (Å²) in [4.78, 5) is 0. The third-order valence-corrected chi connectivity index (χ3v) is 3.07. The molecule has 0 aromatic carbocycles. The highest BCUT2D eigenvalue weighted by atomic mass is 16.6. The molecule has 0 saturated carbocycles. The third-order valence-electron chi connectivity index (χ3n) is 3.07. The second kappa shape index (κ2) is 2.20. The molecule has 2 aliphatic rings. The maximum atomic E-state index is 10.0. The van der Waals surface area contributed by atoms with E-state index in [-0.39, 0.29) is 25.4 Å². The van der Waals surface area contributed by atoms with Gasteiger partial charge in [0.25, 0.3) is 0 Å². The van der Waals surface area contributed by atoms with E-state index in [1.807, 2.05) is 6.92 Å². The van der Waals surface area contributed by atoms with Crippen molar-refractivity contribution in [1.82, 2.24) is 0 Å². The van der Waals surface area contributed by atoms with Gasteiger partial charge in [-0.15, -0.1) is 0 Å². The molecule has 0 aliphatic carbocycles. The van der Waals surface area contributed by atoms with Crippen LogP contribution in [0.1, 0.15) is 13.8 Å². The van der Waals surface area contributed by atoms with Gasteiger partial charge in [-0.3, -0.25) is 0 Å². The summed E-state index contributed by atoms with van der Waals surface area (Å²) in [5, 5.41) is 19.1. The molecule has 2 saturated heterocycles. The highest BCUT2D eigenvalue weighted by Gasteiger charge is 2.67. The number of aliphatic hydroxyl groups excluding tert-OH is 1. The molecule has 4 heteroatoms. The molecule has 2 heterocycles. The first-order chi connectivity index (χ1) is 5.53. The van der Waals surface area contributed by atoms with Crippen LogP contribution < -0.4 is 0 Å². The zero-order valence-corrected chi connectivity index (χ0v) is 7.28. The Hall–Kier alpha value is -0.160. The Bertz CT molecular complexity index is 203. The molecule has 70 valence electrons. The van der Waals surface area contributed by atoms with E-state index in [2.05, 4.69) is 0 Å². The van der Waals surface area contributed by atoms with Crippen LogP contribution in [0.4, 0.5) is 0 Å². The fraction of sp³-hybridized carbons (Fsp3) is 1.00. The molecular weight excluding hydrogens is 160 g/mol. The van der Waals surface area contributed by atoms with Crippen LogP contribution in [0, 0.1) is 0 Å². The summed E-state index contributed by atoms with van der Waals surface area (Å²) in [7, 11) is 0. The Morgan fingerprint density at radius 3 is 2.50 bits per heavy atom. The lowest BCUT2D eigenvalue weighted by molar-refractivity contribution is -0.163. The van der Waals surface area contributed by atoms with E-state index in [1.54, 1.807) is 6.92 Å². The number of ether oxygens (including phenoxy) is 2. The number of hydrogen-bond acceptors (Lipinski definition) is 4. The van der Waals surface area contributed by atoms with E-state index in [9.17, 15) is 5.11 Å². The van der Waals surface area contributed by atoms with Crippen LogP contribution in [0.2, 0.25) is 0 Å². The lowest BCUT2D eigenvalue weighted by Crippen LogP contribution is -2.52. The minimum atomic E-state index is -1.05. The van der Waals surface area contributed by atoms with E-state index in [0.717, 1.165) is 0 Å². The third kappa shape index (κ3) is 0.713. The second-order valence-corrected chi connectivity index (χ2v) is 3.85. The molecule has 2 fully saturated rings. The predicted octanol–water partition coefficient (Wildman–Crippen LogP) is -0.714. The highest BCUT2D eigenvalue weighted by Crippen LogP contribution is 2.46. The van der Waals surface area contributed by atoms with Gasteiger partial charge in [0, 0.05) is 0 Å². The van der Waals surface area contributed by atoms with E-state index in [4.69, 9.17) is 14.6 Å². The SMILES string of the molecule is C[C@@H]1O[C@]2(CO)CO[C@H]1[C@@]2(C)O. The van der Waals surface area contributed by atoms with Crippen molar-refractivity contribution in [3.05, 3.63) is 0 Å². The molecule has 2 rings (SSSR count). The van der Waals surface area contributed by atoms with Gasteiger partial charge in [0.1, 0.15) is 17.3 Å². The molecule has 0 aromatic rings. The molecule has 4 nitrogen and oxygen atoms in total. The first-order valence-corrected chi connectivity index (χ1v) is 4.16. The summed E-state index contributed by atoms with van der Waals surface area (Å²) >= 11 is 0. The van der Waals surface area contributed by atoms with Crippen LogP contribution in [0.15, 0.2) is 0 Å². The first kappa shape index (κ1) is 8.44. The molecule has 12 heavy (non-hydrogen) atoms. The van der Waals surface area contributed by atoms with E-state index >= 15 is 0 Å². The average molecular weight is 174 g/mol. The Labute approximate surface area is 71.1 Å². The second-order valence-electron chi connectivity index (χ2n) is 3.85. The van der Waals surface area contributed by atoms with E-state index < -0.39 is 11.2 Å². The van der Waals surface area contributed by atoms with Crippen molar-refractivity contribution < 1.29 is 19.7 Å². The molecule has 2 aliphatic heterocycles. The molecule has 0 radical (unpaired) electrons. The van der Waals surface area contributed by atoms with Crippen molar-refractivity contribution in [1.29, 1.82) is 0 Å². The van der Waals surface area contributed by atoms with Crippen LogP contribution in [0.5, 0.6) is 0 Å². The van der Waals surface area contributed by atoms with Crippen molar-refractivity contribution in [2.45, 2.75) is 37.3 Å².